The van der Waals surface area contributed by atoms with E-state index in [4.69, 9.17) is 4.74 Å². The summed E-state index contributed by atoms with van der Waals surface area (Å²) in [5.41, 5.74) is 0. The summed E-state index contributed by atoms with van der Waals surface area (Å²) >= 11 is 0. The Morgan fingerprint density at radius 1 is 1.20 bits per heavy atom. The lowest BCUT2D eigenvalue weighted by molar-refractivity contribution is 0.0905. The fourth-order valence-electron chi connectivity index (χ4n) is 2.55. The summed E-state index contributed by atoms with van der Waals surface area (Å²) in [6, 6.07) is 0.679. The van der Waals surface area contributed by atoms with Crippen LogP contribution in [-0.2, 0) is 4.74 Å². The SMILES string of the molecule is CCOCC1CN(C(C)C)CC1C(C)C. The first-order valence-corrected chi connectivity index (χ1v) is 6.38. The standard InChI is InChI=1S/C13H27NO/c1-6-15-9-12-7-14(11(4)5)8-13(12)10(2)3/h10-13H,6-9H2,1-5H3. The number of nitrogens with zero attached hydrogens (tertiary/aromatic N) is 1. The minimum absolute atomic E-state index is 0.679. The van der Waals surface area contributed by atoms with Crippen LogP contribution in [0.15, 0.2) is 0 Å². The van der Waals surface area contributed by atoms with Crippen LogP contribution in [0.4, 0.5) is 0 Å². The van der Waals surface area contributed by atoms with Gasteiger partial charge in [-0.25, -0.2) is 0 Å². The summed E-state index contributed by atoms with van der Waals surface area (Å²) in [6.07, 6.45) is 0. The van der Waals surface area contributed by atoms with E-state index in [1.165, 1.54) is 13.1 Å². The summed E-state index contributed by atoms with van der Waals surface area (Å²) in [6.45, 7) is 15.6. The molecule has 2 unspecified atom stereocenters. The molecule has 0 aromatic rings. The van der Waals surface area contributed by atoms with E-state index in [1.54, 1.807) is 0 Å². The molecule has 0 spiro atoms. The molecule has 15 heavy (non-hydrogen) atoms. The average Bonchev–Trinajstić information content (AvgIpc) is 2.58. The summed E-state index contributed by atoms with van der Waals surface area (Å²) in [5, 5.41) is 0. The Labute approximate surface area is 95.0 Å². The van der Waals surface area contributed by atoms with Crippen molar-refractivity contribution in [2.24, 2.45) is 17.8 Å². The van der Waals surface area contributed by atoms with Gasteiger partial charge in [-0.3, -0.25) is 0 Å². The van der Waals surface area contributed by atoms with Crippen molar-refractivity contribution in [1.29, 1.82) is 0 Å². The van der Waals surface area contributed by atoms with Crippen LogP contribution in [0.3, 0.4) is 0 Å². The molecule has 1 aliphatic rings. The molecule has 0 aromatic carbocycles. The number of ether oxygens (including phenoxy) is 1. The largest absolute Gasteiger partial charge is 0.381 e. The van der Waals surface area contributed by atoms with Gasteiger partial charge < -0.3 is 9.64 Å². The quantitative estimate of drug-likeness (QED) is 0.696. The monoisotopic (exact) mass is 213 g/mol. The number of likely N-dealkylation sites (tertiary alicyclic amines) is 1. The molecule has 0 aliphatic carbocycles. The first kappa shape index (κ1) is 13.0. The van der Waals surface area contributed by atoms with Gasteiger partial charge in [0.2, 0.25) is 0 Å². The van der Waals surface area contributed by atoms with Crippen molar-refractivity contribution >= 4 is 0 Å². The Morgan fingerprint density at radius 3 is 2.33 bits per heavy atom. The van der Waals surface area contributed by atoms with Crippen molar-refractivity contribution in [3.05, 3.63) is 0 Å². The highest BCUT2D eigenvalue weighted by atomic mass is 16.5. The van der Waals surface area contributed by atoms with Gasteiger partial charge in [-0.1, -0.05) is 13.8 Å². The Balaban J connectivity index is 2.51. The maximum atomic E-state index is 5.60. The lowest BCUT2D eigenvalue weighted by atomic mass is 9.87. The topological polar surface area (TPSA) is 12.5 Å². The van der Waals surface area contributed by atoms with Gasteiger partial charge in [-0.2, -0.15) is 0 Å². The maximum Gasteiger partial charge on any atom is 0.0509 e. The molecule has 2 nitrogen and oxygen atoms in total. The van der Waals surface area contributed by atoms with Crippen molar-refractivity contribution in [2.75, 3.05) is 26.3 Å². The second-order valence-corrected chi connectivity index (χ2v) is 5.38. The fraction of sp³-hybridized carbons (Fsp3) is 1.00. The first-order valence-electron chi connectivity index (χ1n) is 6.38. The second kappa shape index (κ2) is 5.86. The third-order valence-electron chi connectivity index (χ3n) is 3.64. The second-order valence-electron chi connectivity index (χ2n) is 5.38. The van der Waals surface area contributed by atoms with E-state index in [1.807, 2.05) is 0 Å². The maximum absolute atomic E-state index is 5.60. The van der Waals surface area contributed by atoms with Gasteiger partial charge >= 0.3 is 0 Å². The van der Waals surface area contributed by atoms with Crippen LogP contribution in [0.2, 0.25) is 0 Å². The summed E-state index contributed by atoms with van der Waals surface area (Å²) in [7, 11) is 0. The highest BCUT2D eigenvalue weighted by Crippen LogP contribution is 2.30. The molecular weight excluding hydrogens is 186 g/mol. The highest BCUT2D eigenvalue weighted by Gasteiger charge is 2.35. The Kier molecular flexibility index (Phi) is 5.07. The van der Waals surface area contributed by atoms with E-state index in [9.17, 15) is 0 Å². The molecule has 90 valence electrons. The van der Waals surface area contributed by atoms with E-state index in [-0.39, 0.29) is 0 Å². The molecule has 1 fully saturated rings. The third-order valence-corrected chi connectivity index (χ3v) is 3.64. The summed E-state index contributed by atoms with van der Waals surface area (Å²) < 4.78 is 5.60. The summed E-state index contributed by atoms with van der Waals surface area (Å²) in [5.74, 6) is 2.34. The normalized spacial score (nSPS) is 28.2. The van der Waals surface area contributed by atoms with Gasteiger partial charge in [0.15, 0.2) is 0 Å². The zero-order valence-corrected chi connectivity index (χ0v) is 11.0. The number of hydrogen-bond donors (Lipinski definition) is 0. The molecule has 0 radical (unpaired) electrons. The van der Waals surface area contributed by atoms with Gasteiger partial charge in [0.05, 0.1) is 6.61 Å². The zero-order chi connectivity index (χ0) is 11.4. The van der Waals surface area contributed by atoms with Crippen LogP contribution in [0.5, 0.6) is 0 Å². The van der Waals surface area contributed by atoms with E-state index in [0.717, 1.165) is 31.0 Å². The molecule has 1 heterocycles. The lowest BCUT2D eigenvalue weighted by Gasteiger charge is -2.21. The predicted molar refractivity (Wildman–Crippen MR) is 65.0 cm³/mol. The van der Waals surface area contributed by atoms with Crippen LogP contribution in [-0.4, -0.2) is 37.2 Å². The lowest BCUT2D eigenvalue weighted by Crippen LogP contribution is -2.29. The minimum Gasteiger partial charge on any atom is -0.381 e. The Morgan fingerprint density at radius 2 is 1.87 bits per heavy atom. The average molecular weight is 213 g/mol. The first-order chi connectivity index (χ1) is 7.06. The highest BCUT2D eigenvalue weighted by molar-refractivity contribution is 4.86. The van der Waals surface area contributed by atoms with E-state index >= 15 is 0 Å². The van der Waals surface area contributed by atoms with Crippen LogP contribution in [0.25, 0.3) is 0 Å². The van der Waals surface area contributed by atoms with Crippen molar-refractivity contribution in [3.63, 3.8) is 0 Å². The predicted octanol–water partition coefficient (Wildman–Crippen LogP) is 2.64. The van der Waals surface area contributed by atoms with Crippen molar-refractivity contribution < 1.29 is 4.74 Å². The fourth-order valence-corrected chi connectivity index (χ4v) is 2.55. The zero-order valence-electron chi connectivity index (χ0n) is 11.0. The molecule has 1 rings (SSSR count). The van der Waals surface area contributed by atoms with Crippen molar-refractivity contribution in [2.45, 2.75) is 40.7 Å². The van der Waals surface area contributed by atoms with Crippen molar-refractivity contribution in [1.82, 2.24) is 4.90 Å². The molecule has 1 aliphatic heterocycles. The van der Waals surface area contributed by atoms with Gasteiger partial charge in [0.25, 0.3) is 0 Å². The number of hydrogen-bond acceptors (Lipinski definition) is 2. The van der Waals surface area contributed by atoms with E-state index < -0.39 is 0 Å². The smallest absolute Gasteiger partial charge is 0.0509 e. The van der Waals surface area contributed by atoms with Gasteiger partial charge in [0.1, 0.15) is 0 Å². The molecule has 1 saturated heterocycles. The molecule has 0 N–H and O–H groups in total. The molecule has 2 atom stereocenters. The molecule has 0 saturated carbocycles. The minimum atomic E-state index is 0.679. The van der Waals surface area contributed by atoms with Crippen LogP contribution >= 0.6 is 0 Å². The summed E-state index contributed by atoms with van der Waals surface area (Å²) in [4.78, 5) is 2.59. The molecule has 2 heteroatoms. The third kappa shape index (κ3) is 3.46. The van der Waals surface area contributed by atoms with Crippen LogP contribution in [0.1, 0.15) is 34.6 Å². The van der Waals surface area contributed by atoms with Gasteiger partial charge in [-0.05, 0) is 38.5 Å². The Hall–Kier alpha value is -0.0800. The number of rotatable bonds is 5. The van der Waals surface area contributed by atoms with Crippen LogP contribution < -0.4 is 0 Å². The van der Waals surface area contributed by atoms with Gasteiger partial charge in [0, 0.05) is 25.7 Å². The van der Waals surface area contributed by atoms with Crippen molar-refractivity contribution in [3.8, 4) is 0 Å². The van der Waals surface area contributed by atoms with Gasteiger partial charge in [-0.15, -0.1) is 0 Å². The molecule has 0 bridgehead atoms. The van der Waals surface area contributed by atoms with E-state index in [0.29, 0.717) is 6.04 Å². The molecular formula is C13H27NO. The van der Waals surface area contributed by atoms with Crippen LogP contribution in [0, 0.1) is 17.8 Å². The Bertz CT molecular complexity index is 179. The van der Waals surface area contributed by atoms with E-state index in [2.05, 4.69) is 39.5 Å². The molecule has 0 aromatic heterocycles. The molecule has 0 amide bonds.